The molecule has 33 heavy (non-hydrogen) atoms. The van der Waals surface area contributed by atoms with Crippen LogP contribution in [0.25, 0.3) is 33.3 Å². The Bertz CT molecular complexity index is 1260. The predicted molar refractivity (Wildman–Crippen MR) is 137 cm³/mol. The van der Waals surface area contributed by atoms with Crippen LogP contribution in [-0.2, 0) is 0 Å². The molecular formula is C29H32N2O2. The second-order valence-electron chi connectivity index (χ2n) is 8.79. The van der Waals surface area contributed by atoms with Crippen LogP contribution in [0.15, 0.2) is 66.7 Å². The highest BCUT2D eigenvalue weighted by Crippen LogP contribution is 2.34. The van der Waals surface area contributed by atoms with Crippen LogP contribution < -0.4 is 9.47 Å². The van der Waals surface area contributed by atoms with Gasteiger partial charge < -0.3 is 14.4 Å². The highest BCUT2D eigenvalue weighted by molar-refractivity contribution is 5.97. The number of hydrogen-bond donors (Lipinski definition) is 0. The number of hydrogen-bond acceptors (Lipinski definition) is 4. The average Bonchev–Trinajstić information content (AvgIpc) is 2.81. The van der Waals surface area contributed by atoms with Crippen molar-refractivity contribution in [2.24, 2.45) is 0 Å². The van der Waals surface area contributed by atoms with Crippen molar-refractivity contribution in [1.82, 2.24) is 9.88 Å². The molecule has 0 amide bonds. The number of nitrogens with zero attached hydrogens (tertiary/aromatic N) is 2. The van der Waals surface area contributed by atoms with E-state index >= 15 is 0 Å². The standard InChI is InChI=1S/C29H32N2O2/c1-20-10-12-27-23(16-20)19-28(26-13-11-24(32-5)17-21(26)2)30-29(27)22-8-6-9-25(18-22)33-15-7-14-31(3)4/h6,8-13,16-19H,7,14-15H2,1-5H3. The molecule has 0 unspecified atom stereocenters. The summed E-state index contributed by atoms with van der Waals surface area (Å²) in [6.45, 7) is 5.93. The maximum atomic E-state index is 6.04. The zero-order valence-electron chi connectivity index (χ0n) is 20.2. The fraction of sp³-hybridized carbons (Fsp3) is 0.276. The minimum atomic E-state index is 0.695. The van der Waals surface area contributed by atoms with Crippen molar-refractivity contribution in [3.8, 4) is 34.0 Å². The van der Waals surface area contributed by atoms with E-state index in [-0.39, 0.29) is 0 Å². The number of fused-ring (bicyclic) bond motifs is 1. The van der Waals surface area contributed by atoms with E-state index < -0.39 is 0 Å². The predicted octanol–water partition coefficient (Wildman–Crippen LogP) is 6.52. The summed E-state index contributed by atoms with van der Waals surface area (Å²) in [5, 5.41) is 2.32. The molecule has 0 saturated carbocycles. The summed E-state index contributed by atoms with van der Waals surface area (Å²) in [5.41, 5.74) is 6.46. The van der Waals surface area contributed by atoms with E-state index in [1.54, 1.807) is 7.11 Å². The Kier molecular flexibility index (Phi) is 6.95. The molecule has 0 aliphatic heterocycles. The highest BCUT2D eigenvalue weighted by atomic mass is 16.5. The molecule has 0 radical (unpaired) electrons. The molecule has 3 aromatic carbocycles. The van der Waals surface area contributed by atoms with Gasteiger partial charge in [0.25, 0.3) is 0 Å². The Morgan fingerprint density at radius 1 is 0.879 bits per heavy atom. The van der Waals surface area contributed by atoms with Crippen molar-refractivity contribution in [2.75, 3.05) is 34.4 Å². The summed E-state index contributed by atoms with van der Waals surface area (Å²) in [4.78, 5) is 7.32. The minimum absolute atomic E-state index is 0.695. The van der Waals surface area contributed by atoms with Crippen LogP contribution in [0.2, 0.25) is 0 Å². The number of rotatable bonds is 8. The summed E-state index contributed by atoms with van der Waals surface area (Å²) >= 11 is 0. The molecule has 0 N–H and O–H groups in total. The van der Waals surface area contributed by atoms with Gasteiger partial charge in [0.2, 0.25) is 0 Å². The van der Waals surface area contributed by atoms with Gasteiger partial charge in [-0.1, -0.05) is 35.9 Å². The molecule has 1 aromatic heterocycles. The first-order chi connectivity index (χ1) is 15.9. The molecule has 0 saturated heterocycles. The molecule has 4 nitrogen and oxygen atoms in total. The van der Waals surface area contributed by atoms with Gasteiger partial charge in [-0.2, -0.15) is 0 Å². The third kappa shape index (κ3) is 5.35. The van der Waals surface area contributed by atoms with Crippen LogP contribution in [0.5, 0.6) is 11.5 Å². The van der Waals surface area contributed by atoms with Crippen molar-refractivity contribution in [3.05, 3.63) is 77.9 Å². The van der Waals surface area contributed by atoms with E-state index in [2.05, 4.69) is 81.4 Å². The van der Waals surface area contributed by atoms with Crippen LogP contribution >= 0.6 is 0 Å². The van der Waals surface area contributed by atoms with Crippen LogP contribution in [0.1, 0.15) is 17.5 Å². The van der Waals surface area contributed by atoms with E-state index in [1.165, 1.54) is 10.9 Å². The van der Waals surface area contributed by atoms with Gasteiger partial charge in [-0.15, -0.1) is 0 Å². The van der Waals surface area contributed by atoms with Crippen molar-refractivity contribution >= 4 is 10.8 Å². The minimum Gasteiger partial charge on any atom is -0.497 e. The van der Waals surface area contributed by atoms with Gasteiger partial charge in [-0.3, -0.25) is 0 Å². The van der Waals surface area contributed by atoms with Gasteiger partial charge in [-0.05, 0) is 81.7 Å². The number of benzene rings is 3. The number of ether oxygens (including phenoxy) is 2. The second kappa shape index (κ2) is 10.1. The number of pyridine rings is 1. The van der Waals surface area contributed by atoms with Gasteiger partial charge in [-0.25, -0.2) is 4.98 Å². The van der Waals surface area contributed by atoms with Crippen molar-refractivity contribution < 1.29 is 9.47 Å². The Balaban J connectivity index is 1.77. The molecule has 0 spiro atoms. The first-order valence-corrected chi connectivity index (χ1v) is 11.4. The summed E-state index contributed by atoms with van der Waals surface area (Å²) in [6, 6.07) is 23.1. The Hall–Kier alpha value is -3.37. The highest BCUT2D eigenvalue weighted by Gasteiger charge is 2.13. The SMILES string of the molecule is COc1ccc(-c2cc3cc(C)ccc3c(-c3cccc(OCCCN(C)C)c3)n2)c(C)c1. The lowest BCUT2D eigenvalue weighted by Crippen LogP contribution is -2.15. The van der Waals surface area contributed by atoms with Gasteiger partial charge in [0, 0.05) is 23.1 Å². The maximum absolute atomic E-state index is 6.04. The number of methoxy groups -OCH3 is 1. The molecule has 4 aromatic rings. The van der Waals surface area contributed by atoms with E-state index in [0.717, 1.165) is 57.9 Å². The van der Waals surface area contributed by atoms with Crippen LogP contribution in [-0.4, -0.2) is 44.2 Å². The smallest absolute Gasteiger partial charge is 0.119 e. The Morgan fingerprint density at radius 3 is 2.48 bits per heavy atom. The van der Waals surface area contributed by atoms with Crippen molar-refractivity contribution in [3.63, 3.8) is 0 Å². The normalized spacial score (nSPS) is 11.2. The summed E-state index contributed by atoms with van der Waals surface area (Å²) in [6.07, 6.45) is 0.990. The molecular weight excluding hydrogens is 408 g/mol. The first kappa shape index (κ1) is 22.8. The first-order valence-electron chi connectivity index (χ1n) is 11.4. The molecule has 1 heterocycles. The van der Waals surface area contributed by atoms with Gasteiger partial charge >= 0.3 is 0 Å². The largest absolute Gasteiger partial charge is 0.497 e. The molecule has 0 fully saturated rings. The average molecular weight is 441 g/mol. The monoisotopic (exact) mass is 440 g/mol. The molecule has 4 rings (SSSR count). The fourth-order valence-corrected chi connectivity index (χ4v) is 4.09. The molecule has 4 heteroatoms. The molecule has 0 aliphatic rings. The zero-order chi connectivity index (χ0) is 23.4. The quantitative estimate of drug-likeness (QED) is 0.292. The Labute approximate surface area is 196 Å². The molecule has 170 valence electrons. The van der Waals surface area contributed by atoms with Crippen LogP contribution in [0, 0.1) is 13.8 Å². The third-order valence-electron chi connectivity index (χ3n) is 5.82. The topological polar surface area (TPSA) is 34.6 Å². The van der Waals surface area contributed by atoms with E-state index in [0.29, 0.717) is 6.61 Å². The van der Waals surface area contributed by atoms with Gasteiger partial charge in [0.1, 0.15) is 11.5 Å². The van der Waals surface area contributed by atoms with Crippen molar-refractivity contribution in [2.45, 2.75) is 20.3 Å². The number of aryl methyl sites for hydroxylation is 2. The third-order valence-corrected chi connectivity index (χ3v) is 5.82. The summed E-state index contributed by atoms with van der Waals surface area (Å²) in [5.74, 6) is 1.73. The lowest BCUT2D eigenvalue weighted by Gasteiger charge is -2.14. The molecule has 0 bridgehead atoms. The van der Waals surface area contributed by atoms with E-state index in [4.69, 9.17) is 14.5 Å². The Morgan fingerprint density at radius 2 is 1.73 bits per heavy atom. The second-order valence-corrected chi connectivity index (χ2v) is 8.79. The zero-order valence-corrected chi connectivity index (χ0v) is 20.2. The van der Waals surface area contributed by atoms with E-state index in [1.807, 2.05) is 18.2 Å². The molecule has 0 atom stereocenters. The van der Waals surface area contributed by atoms with Crippen LogP contribution in [0.3, 0.4) is 0 Å². The van der Waals surface area contributed by atoms with Gasteiger partial charge in [0.05, 0.1) is 25.1 Å². The van der Waals surface area contributed by atoms with E-state index in [9.17, 15) is 0 Å². The van der Waals surface area contributed by atoms with Crippen LogP contribution in [0.4, 0.5) is 0 Å². The summed E-state index contributed by atoms with van der Waals surface area (Å²) < 4.78 is 11.4. The number of aromatic nitrogens is 1. The lowest BCUT2D eigenvalue weighted by molar-refractivity contribution is 0.281. The van der Waals surface area contributed by atoms with Crippen molar-refractivity contribution in [1.29, 1.82) is 0 Å². The lowest BCUT2D eigenvalue weighted by atomic mass is 9.98. The maximum Gasteiger partial charge on any atom is 0.119 e. The van der Waals surface area contributed by atoms with Gasteiger partial charge in [0.15, 0.2) is 0 Å². The fourth-order valence-electron chi connectivity index (χ4n) is 4.09. The summed E-state index contributed by atoms with van der Waals surface area (Å²) in [7, 11) is 5.85. The molecule has 0 aliphatic carbocycles.